The molecule has 18 heavy (non-hydrogen) atoms. The fraction of sp³-hybridized carbons (Fsp3) is 0.167. The lowest BCUT2D eigenvalue weighted by Gasteiger charge is -2.06. The van der Waals surface area contributed by atoms with E-state index in [4.69, 9.17) is 11.6 Å². The van der Waals surface area contributed by atoms with E-state index in [1.807, 2.05) is 10.8 Å². The minimum absolute atomic E-state index is 0.135. The van der Waals surface area contributed by atoms with Crippen molar-refractivity contribution < 1.29 is 4.79 Å². The minimum Gasteiger partial charge on any atom is -0.350 e. The SMILES string of the molecule is O=C(NCCn1ccnc1)c1ccc(Br)c(Cl)c1. The molecular weight excluding hydrogens is 318 g/mol. The smallest absolute Gasteiger partial charge is 0.251 e. The largest absolute Gasteiger partial charge is 0.350 e. The van der Waals surface area contributed by atoms with Gasteiger partial charge in [0.05, 0.1) is 11.3 Å². The lowest BCUT2D eigenvalue weighted by Crippen LogP contribution is -2.26. The van der Waals surface area contributed by atoms with Crippen molar-refractivity contribution in [3.63, 3.8) is 0 Å². The molecule has 2 aromatic rings. The van der Waals surface area contributed by atoms with E-state index in [-0.39, 0.29) is 5.91 Å². The van der Waals surface area contributed by atoms with Gasteiger partial charge in [-0.25, -0.2) is 4.98 Å². The van der Waals surface area contributed by atoms with E-state index in [1.54, 1.807) is 30.7 Å². The number of carbonyl (C=O) groups excluding carboxylic acids is 1. The van der Waals surface area contributed by atoms with Crippen molar-refractivity contribution in [2.24, 2.45) is 0 Å². The Morgan fingerprint density at radius 2 is 2.33 bits per heavy atom. The summed E-state index contributed by atoms with van der Waals surface area (Å²) in [4.78, 5) is 15.8. The summed E-state index contributed by atoms with van der Waals surface area (Å²) in [6.45, 7) is 1.23. The molecule has 1 aromatic heterocycles. The number of imidazole rings is 1. The number of rotatable bonds is 4. The molecule has 1 heterocycles. The van der Waals surface area contributed by atoms with Crippen LogP contribution in [0.4, 0.5) is 0 Å². The summed E-state index contributed by atoms with van der Waals surface area (Å²) in [7, 11) is 0. The summed E-state index contributed by atoms with van der Waals surface area (Å²) >= 11 is 9.22. The Kier molecular flexibility index (Phi) is 4.38. The number of halogens is 2. The maximum Gasteiger partial charge on any atom is 0.251 e. The van der Waals surface area contributed by atoms with Crippen molar-refractivity contribution in [2.75, 3.05) is 6.54 Å². The first-order valence-corrected chi connectivity index (χ1v) is 6.53. The highest BCUT2D eigenvalue weighted by Gasteiger charge is 2.07. The Hall–Kier alpha value is -1.33. The number of benzene rings is 1. The zero-order valence-electron chi connectivity index (χ0n) is 9.44. The first-order valence-electron chi connectivity index (χ1n) is 5.36. The molecule has 0 aliphatic heterocycles. The molecule has 6 heteroatoms. The van der Waals surface area contributed by atoms with Crippen LogP contribution < -0.4 is 5.32 Å². The van der Waals surface area contributed by atoms with E-state index < -0.39 is 0 Å². The van der Waals surface area contributed by atoms with Gasteiger partial charge in [-0.1, -0.05) is 11.6 Å². The molecule has 0 atom stereocenters. The lowest BCUT2D eigenvalue weighted by atomic mass is 10.2. The molecule has 0 aliphatic carbocycles. The van der Waals surface area contributed by atoms with Crippen molar-refractivity contribution in [3.8, 4) is 0 Å². The van der Waals surface area contributed by atoms with E-state index in [9.17, 15) is 4.79 Å². The molecule has 1 amide bonds. The molecule has 0 aliphatic rings. The normalized spacial score (nSPS) is 10.3. The highest BCUT2D eigenvalue weighted by atomic mass is 79.9. The minimum atomic E-state index is -0.135. The Balaban J connectivity index is 1.89. The van der Waals surface area contributed by atoms with E-state index >= 15 is 0 Å². The average molecular weight is 329 g/mol. The van der Waals surface area contributed by atoms with Crippen LogP contribution >= 0.6 is 27.5 Å². The number of nitrogens with zero attached hydrogens (tertiary/aromatic N) is 2. The fourth-order valence-corrected chi connectivity index (χ4v) is 1.88. The third kappa shape index (κ3) is 3.34. The first-order chi connectivity index (χ1) is 8.66. The topological polar surface area (TPSA) is 46.9 Å². The molecule has 0 unspecified atom stereocenters. The van der Waals surface area contributed by atoms with Gasteiger partial charge in [0, 0.05) is 35.5 Å². The van der Waals surface area contributed by atoms with Gasteiger partial charge in [-0.15, -0.1) is 0 Å². The maximum absolute atomic E-state index is 11.8. The second-order valence-electron chi connectivity index (χ2n) is 3.69. The number of amides is 1. The van der Waals surface area contributed by atoms with Gasteiger partial charge in [-0.2, -0.15) is 0 Å². The Morgan fingerprint density at radius 3 is 3.00 bits per heavy atom. The number of carbonyl (C=O) groups is 1. The van der Waals surface area contributed by atoms with E-state index in [2.05, 4.69) is 26.2 Å². The van der Waals surface area contributed by atoms with Gasteiger partial charge in [0.25, 0.3) is 5.91 Å². The summed E-state index contributed by atoms with van der Waals surface area (Å²) in [5.41, 5.74) is 0.550. The van der Waals surface area contributed by atoms with Crippen molar-refractivity contribution in [1.82, 2.24) is 14.9 Å². The van der Waals surface area contributed by atoms with Crippen molar-refractivity contribution in [1.29, 1.82) is 0 Å². The van der Waals surface area contributed by atoms with Crippen LogP contribution in [-0.2, 0) is 6.54 Å². The molecule has 0 spiro atoms. The average Bonchev–Trinajstić information content (AvgIpc) is 2.85. The first kappa shape index (κ1) is 13.1. The van der Waals surface area contributed by atoms with Gasteiger partial charge in [0.2, 0.25) is 0 Å². The molecule has 0 bridgehead atoms. The molecule has 1 N–H and O–H groups in total. The molecule has 0 radical (unpaired) electrons. The molecule has 4 nitrogen and oxygen atoms in total. The van der Waals surface area contributed by atoms with Gasteiger partial charge in [0.1, 0.15) is 0 Å². The summed E-state index contributed by atoms with van der Waals surface area (Å²) < 4.78 is 2.67. The lowest BCUT2D eigenvalue weighted by molar-refractivity contribution is 0.0952. The van der Waals surface area contributed by atoms with E-state index in [0.29, 0.717) is 23.7 Å². The van der Waals surface area contributed by atoms with Gasteiger partial charge >= 0.3 is 0 Å². The monoisotopic (exact) mass is 327 g/mol. The van der Waals surface area contributed by atoms with E-state index in [0.717, 1.165) is 4.47 Å². The predicted octanol–water partition coefficient (Wildman–Crippen LogP) is 2.73. The van der Waals surface area contributed by atoms with Crippen LogP contribution in [0.15, 0.2) is 41.4 Å². The number of aromatic nitrogens is 2. The van der Waals surface area contributed by atoms with Crippen LogP contribution in [0.1, 0.15) is 10.4 Å². The van der Waals surface area contributed by atoms with Crippen molar-refractivity contribution in [3.05, 3.63) is 52.0 Å². The second-order valence-corrected chi connectivity index (χ2v) is 4.95. The zero-order valence-corrected chi connectivity index (χ0v) is 11.8. The Labute approximate surface area is 118 Å². The van der Waals surface area contributed by atoms with Crippen LogP contribution in [0.2, 0.25) is 5.02 Å². The standard InChI is InChI=1S/C12H11BrClN3O/c13-10-2-1-9(7-11(10)14)12(18)16-4-6-17-5-3-15-8-17/h1-3,5,7-8H,4,6H2,(H,16,18). The predicted molar refractivity (Wildman–Crippen MR) is 73.7 cm³/mol. The van der Waals surface area contributed by atoms with Gasteiger partial charge in [-0.05, 0) is 34.1 Å². The Morgan fingerprint density at radius 1 is 1.50 bits per heavy atom. The molecule has 0 saturated carbocycles. The quantitative estimate of drug-likeness (QED) is 0.938. The van der Waals surface area contributed by atoms with Gasteiger partial charge in [-0.3, -0.25) is 4.79 Å². The molecule has 1 aromatic carbocycles. The summed E-state index contributed by atoms with van der Waals surface area (Å²) in [5, 5.41) is 3.35. The van der Waals surface area contributed by atoms with E-state index in [1.165, 1.54) is 0 Å². The second kappa shape index (κ2) is 6.02. The van der Waals surface area contributed by atoms with Crippen molar-refractivity contribution in [2.45, 2.75) is 6.54 Å². The number of nitrogens with one attached hydrogen (secondary N) is 1. The van der Waals surface area contributed by atoms with Gasteiger partial charge < -0.3 is 9.88 Å². The van der Waals surface area contributed by atoms with Crippen LogP contribution in [0, 0.1) is 0 Å². The van der Waals surface area contributed by atoms with Gasteiger partial charge in [0.15, 0.2) is 0 Å². The zero-order chi connectivity index (χ0) is 13.0. The van der Waals surface area contributed by atoms with Crippen LogP contribution in [0.3, 0.4) is 0 Å². The molecular formula is C12H11BrClN3O. The Bertz CT molecular complexity index is 542. The molecule has 2 rings (SSSR count). The van der Waals surface area contributed by atoms with Crippen LogP contribution in [0.5, 0.6) is 0 Å². The van der Waals surface area contributed by atoms with Crippen molar-refractivity contribution >= 4 is 33.4 Å². The molecule has 94 valence electrons. The fourth-order valence-electron chi connectivity index (χ4n) is 1.46. The highest BCUT2D eigenvalue weighted by molar-refractivity contribution is 9.10. The van der Waals surface area contributed by atoms with Crippen LogP contribution in [0.25, 0.3) is 0 Å². The molecule has 0 fully saturated rings. The van der Waals surface area contributed by atoms with Crippen LogP contribution in [-0.4, -0.2) is 22.0 Å². The summed E-state index contributed by atoms with van der Waals surface area (Å²) in [5.74, 6) is -0.135. The molecule has 0 saturated heterocycles. The number of hydrogen-bond donors (Lipinski definition) is 1. The summed E-state index contributed by atoms with van der Waals surface area (Å²) in [6.07, 6.45) is 5.27. The maximum atomic E-state index is 11.8. The highest BCUT2D eigenvalue weighted by Crippen LogP contribution is 2.22. The third-order valence-electron chi connectivity index (χ3n) is 2.40. The number of hydrogen-bond acceptors (Lipinski definition) is 2. The summed E-state index contributed by atoms with van der Waals surface area (Å²) in [6, 6.07) is 5.12. The third-order valence-corrected chi connectivity index (χ3v) is 3.63.